The summed E-state index contributed by atoms with van der Waals surface area (Å²) in [4.78, 5) is 4.52. The topological polar surface area (TPSA) is 59.1 Å². The zero-order chi connectivity index (χ0) is 19.7. The molecule has 1 N–H and O–H groups in total. The predicted octanol–water partition coefficient (Wildman–Crippen LogP) is 4.91. The highest BCUT2D eigenvalue weighted by atomic mass is 32.2. The van der Waals surface area contributed by atoms with E-state index in [4.69, 9.17) is 0 Å². The molecule has 0 aliphatic rings. The number of hydrogen-bond acceptors (Lipinski definition) is 5. The van der Waals surface area contributed by atoms with Crippen LogP contribution < -0.4 is 4.72 Å². The van der Waals surface area contributed by atoms with Gasteiger partial charge in [0.2, 0.25) is 10.0 Å². The summed E-state index contributed by atoms with van der Waals surface area (Å²) in [5.74, 6) is 0.875. The quantitative estimate of drug-likeness (QED) is 0.563. The van der Waals surface area contributed by atoms with Crippen LogP contribution in [-0.4, -0.2) is 19.2 Å². The molecule has 0 radical (unpaired) electrons. The van der Waals surface area contributed by atoms with Gasteiger partial charge in [-0.25, -0.2) is 18.1 Å². The summed E-state index contributed by atoms with van der Waals surface area (Å²) in [5.41, 5.74) is 0.398. The number of aromatic nitrogens is 1. The first-order valence-electron chi connectivity index (χ1n) is 7.88. The monoisotopic (exact) mass is 432 g/mol. The van der Waals surface area contributed by atoms with Crippen LogP contribution in [0.3, 0.4) is 0 Å². The maximum atomic E-state index is 12.6. The van der Waals surface area contributed by atoms with Crippen molar-refractivity contribution in [1.29, 1.82) is 0 Å². The molecule has 3 aromatic rings. The molecule has 0 spiro atoms. The van der Waals surface area contributed by atoms with E-state index in [1.54, 1.807) is 23.9 Å². The van der Waals surface area contributed by atoms with E-state index in [0.29, 0.717) is 5.56 Å². The molecule has 0 bridgehead atoms. The molecule has 0 unspecified atom stereocenters. The number of thioether (sulfide) groups is 1. The van der Waals surface area contributed by atoms with Crippen LogP contribution in [0, 0.1) is 0 Å². The SMILES string of the molecule is CCSc1nc2ccc(S(=O)(=O)NCc3ccc(C(F)(F)F)cc3)cc2s1. The van der Waals surface area contributed by atoms with Gasteiger partial charge in [0.15, 0.2) is 4.34 Å². The molecule has 2 aromatic carbocycles. The van der Waals surface area contributed by atoms with Gasteiger partial charge in [-0.2, -0.15) is 13.2 Å². The molecule has 144 valence electrons. The lowest BCUT2D eigenvalue weighted by molar-refractivity contribution is -0.137. The van der Waals surface area contributed by atoms with E-state index in [1.807, 2.05) is 6.92 Å². The first-order valence-corrected chi connectivity index (χ1v) is 11.2. The highest BCUT2D eigenvalue weighted by molar-refractivity contribution is 8.01. The Morgan fingerprint density at radius 3 is 2.48 bits per heavy atom. The fourth-order valence-corrected chi connectivity index (χ4v) is 5.43. The van der Waals surface area contributed by atoms with Crippen LogP contribution in [0.25, 0.3) is 10.2 Å². The van der Waals surface area contributed by atoms with Gasteiger partial charge in [-0.15, -0.1) is 11.3 Å². The molecule has 4 nitrogen and oxygen atoms in total. The minimum absolute atomic E-state index is 0.0959. The van der Waals surface area contributed by atoms with Crippen molar-refractivity contribution < 1.29 is 21.6 Å². The summed E-state index contributed by atoms with van der Waals surface area (Å²) in [5, 5.41) is 0. The lowest BCUT2D eigenvalue weighted by atomic mass is 10.1. The number of fused-ring (bicyclic) bond motifs is 1. The third-order valence-electron chi connectivity index (χ3n) is 3.67. The average molecular weight is 433 g/mol. The number of sulfonamides is 1. The third-order valence-corrected chi connectivity index (χ3v) is 7.11. The Kier molecular flexibility index (Phi) is 5.80. The van der Waals surface area contributed by atoms with Crippen molar-refractivity contribution >= 4 is 43.3 Å². The van der Waals surface area contributed by atoms with Crippen molar-refractivity contribution in [2.75, 3.05) is 5.75 Å². The first-order chi connectivity index (χ1) is 12.7. The van der Waals surface area contributed by atoms with E-state index in [-0.39, 0.29) is 11.4 Å². The van der Waals surface area contributed by atoms with Crippen LogP contribution in [0.2, 0.25) is 0 Å². The Hall–Kier alpha value is -1.62. The maximum absolute atomic E-state index is 12.6. The van der Waals surface area contributed by atoms with Crippen LogP contribution in [0.1, 0.15) is 18.1 Å². The lowest BCUT2D eigenvalue weighted by Gasteiger charge is -2.09. The molecule has 0 fully saturated rings. The number of nitrogens with zero attached hydrogens (tertiary/aromatic N) is 1. The number of thiazole rings is 1. The van der Waals surface area contributed by atoms with E-state index in [0.717, 1.165) is 32.4 Å². The third kappa shape index (κ3) is 4.81. The van der Waals surface area contributed by atoms with E-state index in [2.05, 4.69) is 9.71 Å². The largest absolute Gasteiger partial charge is 0.416 e. The Bertz CT molecular complexity index is 1050. The molecule has 0 saturated carbocycles. The predicted molar refractivity (Wildman–Crippen MR) is 101 cm³/mol. The van der Waals surface area contributed by atoms with Gasteiger partial charge in [0.25, 0.3) is 0 Å². The van der Waals surface area contributed by atoms with E-state index < -0.39 is 21.8 Å². The molecule has 3 rings (SSSR count). The number of rotatable bonds is 6. The van der Waals surface area contributed by atoms with Gasteiger partial charge in [-0.1, -0.05) is 30.8 Å². The average Bonchev–Trinajstić information content (AvgIpc) is 3.01. The van der Waals surface area contributed by atoms with Crippen molar-refractivity contribution in [3.8, 4) is 0 Å². The Labute approximate surface area is 162 Å². The molecular formula is C17H15F3N2O2S3. The van der Waals surface area contributed by atoms with Crippen molar-refractivity contribution in [2.45, 2.75) is 28.9 Å². The fourth-order valence-electron chi connectivity index (χ4n) is 2.31. The van der Waals surface area contributed by atoms with Gasteiger partial charge < -0.3 is 0 Å². The van der Waals surface area contributed by atoms with Gasteiger partial charge in [-0.05, 0) is 41.6 Å². The van der Waals surface area contributed by atoms with Crippen LogP contribution >= 0.6 is 23.1 Å². The maximum Gasteiger partial charge on any atom is 0.416 e. The fraction of sp³-hybridized carbons (Fsp3) is 0.235. The minimum Gasteiger partial charge on any atom is -0.230 e. The molecule has 0 atom stereocenters. The molecule has 27 heavy (non-hydrogen) atoms. The highest BCUT2D eigenvalue weighted by Crippen LogP contribution is 2.31. The zero-order valence-corrected chi connectivity index (χ0v) is 16.5. The molecule has 10 heteroatoms. The normalized spacial score (nSPS) is 12.6. The number of benzene rings is 2. The Balaban J connectivity index is 1.75. The first kappa shape index (κ1) is 20.1. The molecule has 1 aromatic heterocycles. The summed E-state index contributed by atoms with van der Waals surface area (Å²) in [7, 11) is -3.79. The Morgan fingerprint density at radius 2 is 1.85 bits per heavy atom. The summed E-state index contributed by atoms with van der Waals surface area (Å²) >= 11 is 3.01. The summed E-state index contributed by atoms with van der Waals surface area (Å²) in [6.45, 7) is 1.91. The van der Waals surface area contributed by atoms with Crippen LogP contribution in [0.4, 0.5) is 13.2 Å². The molecule has 0 aliphatic carbocycles. The minimum atomic E-state index is -4.42. The second kappa shape index (κ2) is 7.78. The van der Waals surface area contributed by atoms with Crippen molar-refractivity contribution in [3.05, 3.63) is 53.6 Å². The van der Waals surface area contributed by atoms with Crippen molar-refractivity contribution in [1.82, 2.24) is 9.71 Å². The molecule has 0 aliphatic heterocycles. The van der Waals surface area contributed by atoms with E-state index >= 15 is 0 Å². The van der Waals surface area contributed by atoms with Crippen molar-refractivity contribution in [2.24, 2.45) is 0 Å². The summed E-state index contributed by atoms with van der Waals surface area (Å²) in [6, 6.07) is 9.05. The van der Waals surface area contributed by atoms with Crippen LogP contribution in [0.15, 0.2) is 51.7 Å². The standard InChI is InChI=1S/C17H15F3N2O2S3/c1-2-25-16-22-14-8-7-13(9-15(14)26-16)27(23,24)21-10-11-3-5-12(6-4-11)17(18,19)20/h3-9,21H,2,10H2,1H3. The van der Waals surface area contributed by atoms with Gasteiger partial charge in [0.05, 0.1) is 20.7 Å². The molecule has 1 heterocycles. The summed E-state index contributed by atoms with van der Waals surface area (Å²) in [6.07, 6.45) is -4.42. The number of hydrogen-bond donors (Lipinski definition) is 1. The van der Waals surface area contributed by atoms with Crippen molar-refractivity contribution in [3.63, 3.8) is 0 Å². The Morgan fingerprint density at radius 1 is 1.15 bits per heavy atom. The molecular weight excluding hydrogens is 417 g/mol. The second-order valence-corrected chi connectivity index (χ2v) is 9.87. The van der Waals surface area contributed by atoms with Gasteiger partial charge in [-0.3, -0.25) is 0 Å². The molecule has 0 amide bonds. The number of halogens is 3. The zero-order valence-electron chi connectivity index (χ0n) is 14.1. The van der Waals surface area contributed by atoms with Crippen LogP contribution in [-0.2, 0) is 22.7 Å². The van der Waals surface area contributed by atoms with Crippen LogP contribution in [0.5, 0.6) is 0 Å². The lowest BCUT2D eigenvalue weighted by Crippen LogP contribution is -2.23. The van der Waals surface area contributed by atoms with E-state index in [9.17, 15) is 21.6 Å². The second-order valence-electron chi connectivity index (χ2n) is 5.56. The highest BCUT2D eigenvalue weighted by Gasteiger charge is 2.30. The van der Waals surface area contributed by atoms with Gasteiger partial charge in [0.1, 0.15) is 0 Å². The van der Waals surface area contributed by atoms with Gasteiger partial charge in [0, 0.05) is 6.54 Å². The van der Waals surface area contributed by atoms with E-state index in [1.165, 1.54) is 29.5 Å². The number of alkyl halides is 3. The number of nitrogens with one attached hydrogen (secondary N) is 1. The molecule has 0 saturated heterocycles. The smallest absolute Gasteiger partial charge is 0.230 e. The van der Waals surface area contributed by atoms with Gasteiger partial charge >= 0.3 is 6.18 Å². The summed E-state index contributed by atoms with van der Waals surface area (Å²) < 4.78 is 66.8.